The second-order valence-electron chi connectivity index (χ2n) is 3.85. The second-order valence-corrected chi connectivity index (χ2v) is 4.93. The highest BCUT2D eigenvalue weighted by Gasteiger charge is 2.03. The Morgan fingerprint density at radius 2 is 1.50 bits per heavy atom. The first-order valence-electron chi connectivity index (χ1n) is 4.75. The average molecular weight is 296 g/mol. The van der Waals surface area contributed by atoms with Crippen molar-refractivity contribution >= 4 is 33.4 Å². The van der Waals surface area contributed by atoms with Crippen LogP contribution in [0.3, 0.4) is 0 Å². The van der Waals surface area contributed by atoms with Crippen molar-refractivity contribution in [1.29, 1.82) is 0 Å². The first-order valence-corrected chi connectivity index (χ1v) is 5.83. The predicted octanol–water partition coefficient (Wildman–Crippen LogP) is 4.37. The van der Waals surface area contributed by atoms with Crippen LogP contribution in [0.25, 0.3) is 10.8 Å². The van der Waals surface area contributed by atoms with Gasteiger partial charge in [0.05, 0.1) is 0 Å². The van der Waals surface area contributed by atoms with Crippen LogP contribution in [0.1, 0.15) is 16.7 Å². The molecule has 1 heteroatoms. The Hall–Kier alpha value is -0.570. The van der Waals surface area contributed by atoms with Gasteiger partial charge in [-0.2, -0.15) is 0 Å². The quantitative estimate of drug-likeness (QED) is 0.633. The normalized spacial score (nSPS) is 10.9. The lowest BCUT2D eigenvalue weighted by molar-refractivity contribution is 1.36. The minimum atomic E-state index is 1.35. The van der Waals surface area contributed by atoms with E-state index in [0.717, 1.165) is 0 Å². The van der Waals surface area contributed by atoms with E-state index in [0.29, 0.717) is 0 Å². The summed E-state index contributed by atoms with van der Waals surface area (Å²) in [7, 11) is 0. The van der Waals surface area contributed by atoms with Crippen LogP contribution in [0.15, 0.2) is 24.3 Å². The molecule has 72 valence electrons. The largest absolute Gasteiger partial charge is 0.0576 e. The summed E-state index contributed by atoms with van der Waals surface area (Å²) in [5, 5.41) is 2.73. The minimum Gasteiger partial charge on any atom is -0.0576 e. The molecule has 0 aliphatic heterocycles. The number of hydrogen-bond acceptors (Lipinski definition) is 0. The van der Waals surface area contributed by atoms with Crippen LogP contribution < -0.4 is 0 Å². The van der Waals surface area contributed by atoms with Gasteiger partial charge in [0.2, 0.25) is 0 Å². The molecular formula is C13H13I. The van der Waals surface area contributed by atoms with Gasteiger partial charge in [0, 0.05) is 3.57 Å². The van der Waals surface area contributed by atoms with Gasteiger partial charge in [-0.1, -0.05) is 24.3 Å². The maximum atomic E-state index is 2.43. The first-order chi connectivity index (χ1) is 6.59. The van der Waals surface area contributed by atoms with Crippen molar-refractivity contribution in [2.45, 2.75) is 20.8 Å². The summed E-state index contributed by atoms with van der Waals surface area (Å²) in [6.45, 7) is 6.51. The van der Waals surface area contributed by atoms with E-state index in [2.05, 4.69) is 67.6 Å². The fourth-order valence-corrected chi connectivity index (χ4v) is 2.31. The maximum absolute atomic E-state index is 2.43. The molecule has 0 aliphatic carbocycles. The second kappa shape index (κ2) is 3.54. The van der Waals surface area contributed by atoms with Crippen molar-refractivity contribution in [3.8, 4) is 0 Å². The minimum absolute atomic E-state index is 1.35. The van der Waals surface area contributed by atoms with Crippen LogP contribution in [0.5, 0.6) is 0 Å². The van der Waals surface area contributed by atoms with Gasteiger partial charge < -0.3 is 0 Å². The fraction of sp³-hybridized carbons (Fsp3) is 0.231. The molecule has 0 atom stereocenters. The van der Waals surface area contributed by atoms with Crippen LogP contribution in [0.2, 0.25) is 0 Å². The van der Waals surface area contributed by atoms with Gasteiger partial charge in [-0.3, -0.25) is 0 Å². The molecule has 14 heavy (non-hydrogen) atoms. The highest BCUT2D eigenvalue weighted by molar-refractivity contribution is 14.1. The van der Waals surface area contributed by atoms with Crippen LogP contribution in [0, 0.1) is 24.3 Å². The summed E-state index contributed by atoms with van der Waals surface area (Å²) in [6.07, 6.45) is 0. The van der Waals surface area contributed by atoms with E-state index in [1.807, 2.05) is 0 Å². The molecule has 0 fully saturated rings. The molecule has 0 saturated carbocycles. The lowest BCUT2D eigenvalue weighted by atomic mass is 10.0. The molecule has 0 aliphatic rings. The number of rotatable bonds is 0. The van der Waals surface area contributed by atoms with Gasteiger partial charge in [0.1, 0.15) is 0 Å². The van der Waals surface area contributed by atoms with Crippen molar-refractivity contribution in [2.24, 2.45) is 0 Å². The van der Waals surface area contributed by atoms with Crippen molar-refractivity contribution in [3.05, 3.63) is 44.5 Å². The number of fused-ring (bicyclic) bond motifs is 1. The van der Waals surface area contributed by atoms with Gasteiger partial charge in [0.25, 0.3) is 0 Å². The third-order valence-corrected chi connectivity index (χ3v) is 4.19. The smallest absolute Gasteiger partial charge is 0.0238 e. The lowest BCUT2D eigenvalue weighted by Gasteiger charge is -2.07. The summed E-state index contributed by atoms with van der Waals surface area (Å²) in [6, 6.07) is 8.96. The topological polar surface area (TPSA) is 0 Å². The molecule has 0 amide bonds. The Morgan fingerprint density at radius 1 is 0.857 bits per heavy atom. The van der Waals surface area contributed by atoms with E-state index >= 15 is 0 Å². The van der Waals surface area contributed by atoms with Gasteiger partial charge >= 0.3 is 0 Å². The SMILES string of the molecule is Cc1cc2ccc(C)c(I)c2cc1C. The molecule has 0 radical (unpaired) electrons. The fourth-order valence-electron chi connectivity index (χ4n) is 1.67. The molecule has 0 N–H and O–H groups in total. The molecule has 2 aromatic carbocycles. The zero-order valence-corrected chi connectivity index (χ0v) is 10.8. The highest BCUT2D eigenvalue weighted by Crippen LogP contribution is 2.26. The van der Waals surface area contributed by atoms with E-state index in [4.69, 9.17) is 0 Å². The molecule has 0 nitrogen and oxygen atoms in total. The molecule has 0 bridgehead atoms. The Balaban J connectivity index is 2.89. The number of aryl methyl sites for hydroxylation is 3. The van der Waals surface area contributed by atoms with Crippen LogP contribution in [-0.4, -0.2) is 0 Å². The summed E-state index contributed by atoms with van der Waals surface area (Å²) < 4.78 is 1.38. The summed E-state index contributed by atoms with van der Waals surface area (Å²) in [4.78, 5) is 0. The van der Waals surface area contributed by atoms with Gasteiger partial charge in [-0.25, -0.2) is 0 Å². The molecule has 2 aromatic rings. The van der Waals surface area contributed by atoms with E-state index < -0.39 is 0 Å². The maximum Gasteiger partial charge on any atom is 0.0238 e. The predicted molar refractivity (Wildman–Crippen MR) is 70.9 cm³/mol. The molecule has 0 spiro atoms. The Kier molecular flexibility index (Phi) is 2.52. The van der Waals surface area contributed by atoms with E-state index in [1.165, 1.54) is 31.0 Å². The Morgan fingerprint density at radius 3 is 2.21 bits per heavy atom. The van der Waals surface area contributed by atoms with Gasteiger partial charge in [-0.05, 0) is 70.8 Å². The molecule has 0 aromatic heterocycles. The average Bonchev–Trinajstić information content (AvgIpc) is 2.15. The summed E-state index contributed by atoms with van der Waals surface area (Å²) >= 11 is 2.43. The van der Waals surface area contributed by atoms with Crippen molar-refractivity contribution in [3.63, 3.8) is 0 Å². The molecule has 0 heterocycles. The number of halogens is 1. The zero-order chi connectivity index (χ0) is 10.3. The Bertz CT molecular complexity index is 498. The van der Waals surface area contributed by atoms with Crippen LogP contribution in [0.4, 0.5) is 0 Å². The monoisotopic (exact) mass is 296 g/mol. The molecule has 2 rings (SSSR count). The molecule has 0 saturated heterocycles. The standard InChI is InChI=1S/C13H13I/c1-8-4-5-11-6-9(2)10(3)7-12(11)13(8)14/h4-7H,1-3H3. The first kappa shape index (κ1) is 9.97. The number of benzene rings is 2. The van der Waals surface area contributed by atoms with Gasteiger partial charge in [-0.15, -0.1) is 0 Å². The van der Waals surface area contributed by atoms with Crippen molar-refractivity contribution in [2.75, 3.05) is 0 Å². The van der Waals surface area contributed by atoms with E-state index in [-0.39, 0.29) is 0 Å². The molecule has 0 unspecified atom stereocenters. The third-order valence-electron chi connectivity index (χ3n) is 2.76. The Labute approximate surface area is 98.5 Å². The lowest BCUT2D eigenvalue weighted by Crippen LogP contribution is -1.87. The van der Waals surface area contributed by atoms with Crippen molar-refractivity contribution in [1.82, 2.24) is 0 Å². The van der Waals surface area contributed by atoms with E-state index in [9.17, 15) is 0 Å². The summed E-state index contributed by atoms with van der Waals surface area (Å²) in [5.74, 6) is 0. The highest BCUT2D eigenvalue weighted by atomic mass is 127. The van der Waals surface area contributed by atoms with E-state index in [1.54, 1.807) is 0 Å². The third kappa shape index (κ3) is 1.54. The summed E-state index contributed by atoms with van der Waals surface area (Å²) in [5.41, 5.74) is 4.11. The zero-order valence-electron chi connectivity index (χ0n) is 8.69. The van der Waals surface area contributed by atoms with Gasteiger partial charge in [0.15, 0.2) is 0 Å². The van der Waals surface area contributed by atoms with Crippen LogP contribution >= 0.6 is 22.6 Å². The van der Waals surface area contributed by atoms with Crippen LogP contribution in [-0.2, 0) is 0 Å². The number of hydrogen-bond donors (Lipinski definition) is 0. The van der Waals surface area contributed by atoms with Crippen molar-refractivity contribution < 1.29 is 0 Å². The molecular weight excluding hydrogens is 283 g/mol.